The molecule has 0 N–H and O–H groups in total. The van der Waals surface area contributed by atoms with Crippen molar-refractivity contribution in [1.82, 2.24) is 0 Å². The molecule has 0 aliphatic heterocycles. The average molecular weight is 561 g/mol. The van der Waals surface area contributed by atoms with Gasteiger partial charge in [0, 0.05) is 9.79 Å². The maximum absolute atomic E-state index is 14.3. The van der Waals surface area contributed by atoms with E-state index in [2.05, 4.69) is 0 Å². The molecule has 0 saturated heterocycles. The number of hydrogen-bond acceptors (Lipinski definition) is 4. The van der Waals surface area contributed by atoms with E-state index < -0.39 is 0 Å². The molecule has 4 nitrogen and oxygen atoms in total. The summed E-state index contributed by atoms with van der Waals surface area (Å²) in [5.41, 5.74) is 4.27. The van der Waals surface area contributed by atoms with E-state index in [1.807, 2.05) is 123 Å². The van der Waals surface area contributed by atoms with E-state index in [1.165, 1.54) is 23.9 Å². The molecule has 40 heavy (non-hydrogen) atoms. The van der Waals surface area contributed by atoms with Gasteiger partial charge < -0.3 is 0 Å². The number of para-hydroxylation sites is 2. The first-order valence-electron chi connectivity index (χ1n) is 12.9. The first-order valence-corrected chi connectivity index (χ1v) is 14.4. The van der Waals surface area contributed by atoms with Crippen molar-refractivity contribution in [3.05, 3.63) is 156 Å². The molecule has 6 heteroatoms. The van der Waals surface area contributed by atoms with Crippen LogP contribution in [0.4, 0.5) is 11.4 Å². The van der Waals surface area contributed by atoms with Crippen molar-refractivity contribution in [2.75, 3.05) is 8.61 Å². The zero-order chi connectivity index (χ0) is 27.9. The minimum absolute atomic E-state index is 0.266. The molecule has 198 valence electrons. The number of carbonyl (C=O) groups is 2. The van der Waals surface area contributed by atoms with Gasteiger partial charge in [-0.1, -0.05) is 84.9 Å². The predicted molar refractivity (Wildman–Crippen MR) is 167 cm³/mol. The van der Waals surface area contributed by atoms with Crippen molar-refractivity contribution in [2.24, 2.45) is 0 Å². The monoisotopic (exact) mass is 560 g/mol. The Morgan fingerprint density at radius 1 is 0.450 bits per heavy atom. The molecule has 5 aromatic carbocycles. The Morgan fingerprint density at radius 2 is 0.775 bits per heavy atom. The molecule has 5 rings (SSSR count). The molecule has 0 heterocycles. The number of nitrogens with zero attached hydrogens (tertiary/aromatic N) is 2. The summed E-state index contributed by atoms with van der Waals surface area (Å²) in [6.45, 7) is 4.04. The van der Waals surface area contributed by atoms with Crippen LogP contribution in [0.2, 0.25) is 0 Å². The number of benzene rings is 5. The van der Waals surface area contributed by atoms with Crippen LogP contribution in [0.15, 0.2) is 143 Å². The molecule has 0 fully saturated rings. The molecule has 0 spiro atoms. The van der Waals surface area contributed by atoms with Crippen LogP contribution >= 0.6 is 23.9 Å². The normalized spacial score (nSPS) is 10.7. The molecule has 5 aromatic rings. The summed E-state index contributed by atoms with van der Waals surface area (Å²) in [5.74, 6) is -0.533. The molecular weight excluding hydrogens is 533 g/mol. The smallest absolute Gasteiger partial charge is 0.268 e. The lowest BCUT2D eigenvalue weighted by Crippen LogP contribution is -2.30. The summed E-state index contributed by atoms with van der Waals surface area (Å²) in [4.78, 5) is 30.5. The minimum Gasteiger partial charge on any atom is -0.268 e. The van der Waals surface area contributed by atoms with E-state index in [4.69, 9.17) is 0 Å². The minimum atomic E-state index is -0.266. The first-order chi connectivity index (χ1) is 19.5. The SMILES string of the molecule is Cc1ccccc1SN(C(=O)c1ccccc1C(=O)N(Sc1ccccc1C)c1ccccc1)c1ccccc1. The largest absolute Gasteiger partial charge is 0.269 e. The summed E-state index contributed by atoms with van der Waals surface area (Å²) in [6.07, 6.45) is 0. The lowest BCUT2D eigenvalue weighted by atomic mass is 10.1. The van der Waals surface area contributed by atoms with Crippen LogP contribution in [0.25, 0.3) is 0 Å². The number of hydrogen-bond donors (Lipinski definition) is 0. The molecule has 0 radical (unpaired) electrons. The highest BCUT2D eigenvalue weighted by molar-refractivity contribution is 8.01. The van der Waals surface area contributed by atoms with Gasteiger partial charge in [-0.3, -0.25) is 9.59 Å². The third-order valence-electron chi connectivity index (χ3n) is 6.30. The van der Waals surface area contributed by atoms with Crippen molar-refractivity contribution >= 4 is 47.1 Å². The van der Waals surface area contributed by atoms with Gasteiger partial charge in [0.2, 0.25) is 0 Å². The third-order valence-corrected chi connectivity index (χ3v) is 8.73. The Hall–Kier alpha value is -4.26. The Morgan fingerprint density at radius 3 is 1.15 bits per heavy atom. The van der Waals surface area contributed by atoms with Crippen LogP contribution < -0.4 is 8.61 Å². The summed E-state index contributed by atoms with van der Waals surface area (Å²) in [5, 5.41) is 0. The predicted octanol–water partition coefficient (Wildman–Crippen LogP) is 9.01. The van der Waals surface area contributed by atoms with Gasteiger partial charge >= 0.3 is 0 Å². The highest BCUT2D eigenvalue weighted by Gasteiger charge is 2.28. The lowest BCUT2D eigenvalue weighted by Gasteiger charge is -2.26. The van der Waals surface area contributed by atoms with Gasteiger partial charge in [-0.05, 0) is 97.4 Å². The highest BCUT2D eigenvalue weighted by Crippen LogP contribution is 2.35. The van der Waals surface area contributed by atoms with Crippen LogP contribution in [-0.2, 0) is 0 Å². The average Bonchev–Trinajstić information content (AvgIpc) is 3.00. The highest BCUT2D eigenvalue weighted by atomic mass is 32.2. The van der Waals surface area contributed by atoms with Crippen molar-refractivity contribution in [2.45, 2.75) is 23.6 Å². The summed E-state index contributed by atoms with van der Waals surface area (Å²) in [7, 11) is 0. The van der Waals surface area contributed by atoms with Gasteiger partial charge in [0.1, 0.15) is 0 Å². The molecule has 0 bridgehead atoms. The zero-order valence-electron chi connectivity index (χ0n) is 22.2. The summed E-state index contributed by atoms with van der Waals surface area (Å²) >= 11 is 2.71. The number of amides is 2. The second-order valence-corrected chi connectivity index (χ2v) is 11.1. The fourth-order valence-corrected chi connectivity index (χ4v) is 6.05. The molecule has 0 aromatic heterocycles. The van der Waals surface area contributed by atoms with E-state index in [9.17, 15) is 9.59 Å². The number of aryl methyl sites for hydroxylation is 2. The van der Waals surface area contributed by atoms with Gasteiger partial charge in [-0.2, -0.15) is 0 Å². The van der Waals surface area contributed by atoms with Gasteiger partial charge in [-0.25, -0.2) is 8.61 Å². The number of anilines is 2. The van der Waals surface area contributed by atoms with Crippen LogP contribution in [0.3, 0.4) is 0 Å². The first kappa shape index (κ1) is 27.3. The Labute approximate surface area is 243 Å². The van der Waals surface area contributed by atoms with Crippen molar-refractivity contribution in [3.63, 3.8) is 0 Å². The van der Waals surface area contributed by atoms with Gasteiger partial charge in [0.15, 0.2) is 0 Å². The van der Waals surface area contributed by atoms with Crippen LogP contribution in [-0.4, -0.2) is 11.8 Å². The summed E-state index contributed by atoms with van der Waals surface area (Å²) < 4.78 is 3.32. The van der Waals surface area contributed by atoms with Crippen LogP contribution in [0.5, 0.6) is 0 Å². The van der Waals surface area contributed by atoms with E-state index in [-0.39, 0.29) is 11.8 Å². The van der Waals surface area contributed by atoms with Gasteiger partial charge in [-0.15, -0.1) is 0 Å². The Bertz CT molecular complexity index is 1500. The molecule has 0 aliphatic rings. The number of carbonyl (C=O) groups excluding carboxylic acids is 2. The molecule has 0 unspecified atom stereocenters. The molecule has 0 atom stereocenters. The van der Waals surface area contributed by atoms with E-state index in [0.29, 0.717) is 11.1 Å². The zero-order valence-corrected chi connectivity index (χ0v) is 23.9. The quantitative estimate of drug-likeness (QED) is 0.178. The van der Waals surface area contributed by atoms with Gasteiger partial charge in [0.05, 0.1) is 22.5 Å². The second-order valence-electron chi connectivity index (χ2n) is 9.13. The topological polar surface area (TPSA) is 40.6 Å². The van der Waals surface area contributed by atoms with E-state index in [1.54, 1.807) is 32.9 Å². The van der Waals surface area contributed by atoms with Crippen molar-refractivity contribution < 1.29 is 9.59 Å². The van der Waals surface area contributed by atoms with Crippen LogP contribution in [0, 0.1) is 13.8 Å². The van der Waals surface area contributed by atoms with E-state index >= 15 is 0 Å². The maximum atomic E-state index is 14.3. The molecule has 0 aliphatic carbocycles. The fraction of sp³-hybridized carbons (Fsp3) is 0.0588. The Balaban J connectivity index is 1.56. The van der Waals surface area contributed by atoms with Crippen LogP contribution in [0.1, 0.15) is 31.8 Å². The molecule has 0 saturated carbocycles. The standard InChI is InChI=1S/C34H28N2O2S2/c1-25-15-9-13-23-31(25)39-35(27-17-5-3-6-18-27)33(37)29-21-11-12-22-30(29)34(38)36(28-19-7-4-8-20-28)40-32-24-14-10-16-26(32)2/h3-24H,1-2H3. The maximum Gasteiger partial charge on any atom is 0.269 e. The lowest BCUT2D eigenvalue weighted by molar-refractivity contribution is 0.0975. The van der Waals surface area contributed by atoms with Crippen molar-refractivity contribution in [3.8, 4) is 0 Å². The molecule has 2 amide bonds. The fourth-order valence-electron chi connectivity index (χ4n) is 4.14. The Kier molecular flexibility index (Phi) is 8.69. The van der Waals surface area contributed by atoms with Crippen molar-refractivity contribution in [1.29, 1.82) is 0 Å². The van der Waals surface area contributed by atoms with Gasteiger partial charge in [0.25, 0.3) is 11.8 Å². The number of rotatable bonds is 8. The molecular formula is C34H28N2O2S2. The van der Waals surface area contributed by atoms with E-state index in [0.717, 1.165) is 32.3 Å². The third kappa shape index (κ3) is 6.14. The summed E-state index contributed by atoms with van der Waals surface area (Å²) in [6, 6.07) is 42.0. The second kappa shape index (κ2) is 12.7.